The van der Waals surface area contributed by atoms with Crippen LogP contribution in [0.15, 0.2) is 23.2 Å². The fourth-order valence-corrected chi connectivity index (χ4v) is 6.44. The average molecular weight is 423 g/mol. The number of likely N-dealkylation sites (tertiary alicyclic amines) is 1. The van der Waals surface area contributed by atoms with E-state index < -0.39 is 10.0 Å². The number of nitrogens with zero attached hydrogens (tertiary/aromatic N) is 3. The van der Waals surface area contributed by atoms with Gasteiger partial charge in [-0.3, -0.25) is 4.90 Å². The number of aromatic nitrogens is 1. The largest absolute Gasteiger partial charge is 0.391 e. The molecule has 2 unspecified atom stereocenters. The minimum atomic E-state index is -3.42. The summed E-state index contributed by atoms with van der Waals surface area (Å²) in [6.45, 7) is 3.19. The molecule has 1 aliphatic carbocycles. The molecule has 29 heavy (non-hydrogen) atoms. The van der Waals surface area contributed by atoms with Crippen LogP contribution in [0, 0.1) is 0 Å². The van der Waals surface area contributed by atoms with Gasteiger partial charge in [-0.15, -0.1) is 0 Å². The van der Waals surface area contributed by atoms with Crippen molar-refractivity contribution in [3.8, 4) is 0 Å². The molecule has 2 atom stereocenters. The highest BCUT2D eigenvalue weighted by Crippen LogP contribution is 2.27. The smallest absolute Gasteiger partial charge is 0.244 e. The lowest BCUT2D eigenvalue weighted by Gasteiger charge is -2.41. The van der Waals surface area contributed by atoms with Crippen LogP contribution in [0.5, 0.6) is 0 Å². The third kappa shape index (κ3) is 4.93. The van der Waals surface area contributed by atoms with E-state index >= 15 is 0 Å². The number of sulfonamides is 1. The summed E-state index contributed by atoms with van der Waals surface area (Å²) >= 11 is 0. The Labute approximate surface area is 174 Å². The summed E-state index contributed by atoms with van der Waals surface area (Å²) in [4.78, 5) is 7.12. The zero-order chi connectivity index (χ0) is 20.3. The van der Waals surface area contributed by atoms with Gasteiger partial charge >= 0.3 is 0 Å². The summed E-state index contributed by atoms with van der Waals surface area (Å²) < 4.78 is 27.1. The fraction of sp³-hybridized carbons (Fsp3) is 0.762. The van der Waals surface area contributed by atoms with Gasteiger partial charge in [0.25, 0.3) is 0 Å². The molecular formula is C21H34N4O3S. The van der Waals surface area contributed by atoms with Crippen molar-refractivity contribution >= 4 is 15.8 Å². The average Bonchev–Trinajstić information content (AvgIpc) is 2.76. The second-order valence-electron chi connectivity index (χ2n) is 8.72. The summed E-state index contributed by atoms with van der Waals surface area (Å²) in [5.41, 5.74) is 0. The van der Waals surface area contributed by atoms with Crippen molar-refractivity contribution in [3.63, 3.8) is 0 Å². The predicted molar refractivity (Wildman–Crippen MR) is 113 cm³/mol. The third-order valence-electron chi connectivity index (χ3n) is 6.73. The number of hydrogen-bond donors (Lipinski definition) is 2. The third-order valence-corrected chi connectivity index (χ3v) is 8.62. The monoisotopic (exact) mass is 422 g/mol. The van der Waals surface area contributed by atoms with Gasteiger partial charge in [-0.2, -0.15) is 4.31 Å². The molecule has 3 fully saturated rings. The Bertz CT molecular complexity index is 757. The van der Waals surface area contributed by atoms with E-state index in [-0.39, 0.29) is 11.0 Å². The number of rotatable bonds is 5. The number of pyridine rings is 1. The van der Waals surface area contributed by atoms with E-state index in [0.29, 0.717) is 25.2 Å². The van der Waals surface area contributed by atoms with Crippen molar-refractivity contribution in [1.82, 2.24) is 14.2 Å². The maximum absolute atomic E-state index is 12.7. The van der Waals surface area contributed by atoms with Crippen molar-refractivity contribution in [2.24, 2.45) is 0 Å². The van der Waals surface area contributed by atoms with Gasteiger partial charge < -0.3 is 10.4 Å². The van der Waals surface area contributed by atoms with Crippen LogP contribution in [0.4, 0.5) is 5.82 Å². The quantitative estimate of drug-likeness (QED) is 0.758. The van der Waals surface area contributed by atoms with E-state index in [4.69, 9.17) is 0 Å². The Balaban J connectivity index is 1.30. The second kappa shape index (κ2) is 9.29. The molecule has 1 aromatic rings. The molecule has 0 aromatic carbocycles. The Hall–Kier alpha value is -1.22. The summed E-state index contributed by atoms with van der Waals surface area (Å²) in [7, 11) is -3.42. The van der Waals surface area contributed by atoms with Crippen LogP contribution in [0.3, 0.4) is 0 Å². The number of nitrogens with one attached hydrogen (secondary N) is 1. The van der Waals surface area contributed by atoms with Gasteiger partial charge in [0.2, 0.25) is 10.0 Å². The number of aliphatic hydroxyl groups excluding tert-OH is 1. The first-order valence-electron chi connectivity index (χ1n) is 11.2. The van der Waals surface area contributed by atoms with Crippen LogP contribution in [0.25, 0.3) is 0 Å². The molecule has 162 valence electrons. The topological polar surface area (TPSA) is 85.8 Å². The molecule has 2 saturated heterocycles. The molecule has 1 aromatic heterocycles. The van der Waals surface area contributed by atoms with Crippen LogP contribution >= 0.6 is 0 Å². The summed E-state index contributed by atoms with van der Waals surface area (Å²) in [5.74, 6) is 0.735. The van der Waals surface area contributed by atoms with Crippen molar-refractivity contribution in [2.45, 2.75) is 80.9 Å². The maximum atomic E-state index is 12.7. The Morgan fingerprint density at radius 2 is 1.66 bits per heavy atom. The number of anilines is 1. The van der Waals surface area contributed by atoms with Gasteiger partial charge in [0.05, 0.1) is 6.10 Å². The van der Waals surface area contributed by atoms with Gasteiger partial charge in [0, 0.05) is 44.5 Å². The SMILES string of the molecule is O=S(=O)(c1ccc(NC2CCN(C3CCCCC3O)CC2)nc1)N1CCCCC1. The van der Waals surface area contributed by atoms with Crippen molar-refractivity contribution < 1.29 is 13.5 Å². The highest BCUT2D eigenvalue weighted by atomic mass is 32.2. The van der Waals surface area contributed by atoms with Gasteiger partial charge in [-0.25, -0.2) is 13.4 Å². The molecule has 8 heteroatoms. The van der Waals surface area contributed by atoms with Crippen molar-refractivity contribution in [1.29, 1.82) is 0 Å². The molecule has 3 aliphatic rings. The molecule has 2 aliphatic heterocycles. The lowest BCUT2D eigenvalue weighted by atomic mass is 9.89. The van der Waals surface area contributed by atoms with Crippen molar-refractivity contribution in [2.75, 3.05) is 31.5 Å². The van der Waals surface area contributed by atoms with E-state index in [2.05, 4.69) is 15.2 Å². The van der Waals surface area contributed by atoms with Crippen molar-refractivity contribution in [3.05, 3.63) is 18.3 Å². The standard InChI is InChI=1S/C21H34N4O3S/c26-20-7-3-2-6-19(20)24-14-10-17(11-15-24)23-21-9-8-18(16-22-21)29(27,28)25-12-4-1-5-13-25/h8-9,16-17,19-20,26H,1-7,10-15H2,(H,22,23). The van der Waals surface area contributed by atoms with Gasteiger partial charge in [0.15, 0.2) is 0 Å². The first-order valence-corrected chi connectivity index (χ1v) is 12.6. The molecule has 4 rings (SSSR count). The zero-order valence-corrected chi connectivity index (χ0v) is 18.0. The second-order valence-corrected chi connectivity index (χ2v) is 10.7. The molecule has 1 saturated carbocycles. The normalized spacial score (nSPS) is 28.3. The minimum Gasteiger partial charge on any atom is -0.391 e. The van der Waals surface area contributed by atoms with Crippen LogP contribution in [0.2, 0.25) is 0 Å². The highest BCUT2D eigenvalue weighted by Gasteiger charge is 2.31. The molecule has 7 nitrogen and oxygen atoms in total. The minimum absolute atomic E-state index is 0.177. The zero-order valence-electron chi connectivity index (χ0n) is 17.2. The molecule has 0 spiro atoms. The molecule has 2 N–H and O–H groups in total. The molecule has 0 amide bonds. The van der Waals surface area contributed by atoms with Crippen LogP contribution < -0.4 is 5.32 Å². The number of piperidine rings is 2. The molecular weight excluding hydrogens is 388 g/mol. The van der Waals surface area contributed by atoms with Crippen LogP contribution in [-0.4, -0.2) is 72.1 Å². The number of aliphatic hydroxyl groups is 1. The summed E-state index contributed by atoms with van der Waals surface area (Å²) in [6, 6.07) is 4.12. The van der Waals surface area contributed by atoms with E-state index in [9.17, 15) is 13.5 Å². The maximum Gasteiger partial charge on any atom is 0.244 e. The fourth-order valence-electron chi connectivity index (χ4n) is 4.97. The summed E-state index contributed by atoms with van der Waals surface area (Å²) in [5, 5.41) is 13.8. The summed E-state index contributed by atoms with van der Waals surface area (Å²) in [6.07, 6.45) is 10.7. The van der Waals surface area contributed by atoms with Gasteiger partial charge in [-0.05, 0) is 50.7 Å². The molecule has 0 radical (unpaired) electrons. The van der Waals surface area contributed by atoms with E-state index in [1.54, 1.807) is 16.4 Å². The lowest BCUT2D eigenvalue weighted by Crippen LogP contribution is -2.50. The molecule has 0 bridgehead atoms. The van der Waals surface area contributed by atoms with Gasteiger partial charge in [-0.1, -0.05) is 19.3 Å². The highest BCUT2D eigenvalue weighted by molar-refractivity contribution is 7.89. The Kier molecular flexibility index (Phi) is 6.73. The lowest BCUT2D eigenvalue weighted by molar-refractivity contribution is 0.00992. The first-order chi connectivity index (χ1) is 14.0. The molecule has 3 heterocycles. The number of hydrogen-bond acceptors (Lipinski definition) is 6. The van der Waals surface area contributed by atoms with E-state index in [0.717, 1.165) is 70.3 Å². The van der Waals surface area contributed by atoms with E-state index in [1.807, 2.05) is 0 Å². The van der Waals surface area contributed by atoms with Gasteiger partial charge in [0.1, 0.15) is 10.7 Å². The van der Waals surface area contributed by atoms with Crippen LogP contribution in [0.1, 0.15) is 57.8 Å². The predicted octanol–water partition coefficient (Wildman–Crippen LogP) is 2.44. The Morgan fingerprint density at radius 3 is 2.31 bits per heavy atom. The first kappa shape index (κ1) is 21.0. The van der Waals surface area contributed by atoms with E-state index in [1.165, 1.54) is 12.6 Å². The Morgan fingerprint density at radius 1 is 0.931 bits per heavy atom. The van der Waals surface area contributed by atoms with Crippen LogP contribution in [-0.2, 0) is 10.0 Å².